The van der Waals surface area contributed by atoms with E-state index in [0.29, 0.717) is 24.6 Å². The van der Waals surface area contributed by atoms with Crippen molar-refractivity contribution in [3.05, 3.63) is 113 Å². The number of carbonyl (C=O) groups excluding carboxylic acids is 1. The van der Waals surface area contributed by atoms with Gasteiger partial charge in [0.25, 0.3) is 0 Å². The van der Waals surface area contributed by atoms with Crippen LogP contribution in [0.4, 0.5) is 10.1 Å². The van der Waals surface area contributed by atoms with Crippen LogP contribution in [0.1, 0.15) is 22.3 Å². The molecular formula is C28H26FN3O3. The first-order valence-electron chi connectivity index (χ1n) is 11.1. The Bertz CT molecular complexity index is 1350. The van der Waals surface area contributed by atoms with Crippen LogP contribution in [0.15, 0.2) is 85.2 Å². The third-order valence-corrected chi connectivity index (χ3v) is 5.25. The molecule has 0 radical (unpaired) electrons. The molecule has 0 saturated carbocycles. The molecule has 1 N–H and O–H groups in total. The molecule has 0 atom stereocenters. The van der Waals surface area contributed by atoms with Crippen molar-refractivity contribution in [2.24, 2.45) is 0 Å². The van der Waals surface area contributed by atoms with Crippen LogP contribution >= 0.6 is 0 Å². The Hall–Kier alpha value is -4.39. The Morgan fingerprint density at radius 1 is 1.11 bits per heavy atom. The lowest BCUT2D eigenvalue weighted by Crippen LogP contribution is -2.07. The minimum Gasteiger partial charge on any atom is -0.496 e. The van der Waals surface area contributed by atoms with Crippen molar-refractivity contribution in [2.45, 2.75) is 20.1 Å². The van der Waals surface area contributed by atoms with Gasteiger partial charge >= 0.3 is 0 Å². The first-order chi connectivity index (χ1) is 17.0. The number of nitrogens with zero attached hydrogens (tertiary/aromatic N) is 2. The maximum atomic E-state index is 13.4. The molecule has 0 unspecified atom stereocenters. The van der Waals surface area contributed by atoms with Crippen molar-refractivity contribution in [3.8, 4) is 11.5 Å². The molecule has 0 fully saturated rings. The van der Waals surface area contributed by atoms with E-state index in [1.165, 1.54) is 18.2 Å². The Kier molecular flexibility index (Phi) is 7.57. The molecule has 0 saturated heterocycles. The first kappa shape index (κ1) is 23.8. The minimum atomic E-state index is -0.295. The van der Waals surface area contributed by atoms with Crippen LogP contribution in [-0.4, -0.2) is 22.8 Å². The number of anilines is 1. The largest absolute Gasteiger partial charge is 0.496 e. The highest BCUT2D eigenvalue weighted by Crippen LogP contribution is 2.23. The number of aryl methyl sites for hydroxylation is 1. The molecule has 3 aromatic carbocycles. The summed E-state index contributed by atoms with van der Waals surface area (Å²) in [6.07, 6.45) is 6.43. The summed E-state index contributed by atoms with van der Waals surface area (Å²) in [5.74, 6) is 0.913. The molecule has 1 aromatic heterocycles. The SMILES string of the molecule is COc1ccc(/C=C/C(=O)Nc2cnn(Cc3cccc(F)c3)c2)cc1COc1cccc(C)c1. The number of halogens is 1. The summed E-state index contributed by atoms with van der Waals surface area (Å²) in [6, 6.07) is 19.8. The number of rotatable bonds is 9. The number of hydrogen-bond acceptors (Lipinski definition) is 4. The summed E-state index contributed by atoms with van der Waals surface area (Å²) in [4.78, 5) is 12.4. The molecule has 7 heteroatoms. The second kappa shape index (κ2) is 11.2. The second-order valence-electron chi connectivity index (χ2n) is 8.06. The smallest absolute Gasteiger partial charge is 0.248 e. The third-order valence-electron chi connectivity index (χ3n) is 5.25. The minimum absolute atomic E-state index is 0.288. The molecule has 6 nitrogen and oxygen atoms in total. The van der Waals surface area contributed by atoms with Crippen LogP contribution in [0.5, 0.6) is 11.5 Å². The predicted octanol–water partition coefficient (Wildman–Crippen LogP) is 5.62. The summed E-state index contributed by atoms with van der Waals surface area (Å²) in [5, 5.41) is 7.01. The van der Waals surface area contributed by atoms with Crippen LogP contribution in [0, 0.1) is 12.7 Å². The van der Waals surface area contributed by atoms with E-state index in [0.717, 1.165) is 28.0 Å². The highest BCUT2D eigenvalue weighted by molar-refractivity contribution is 6.01. The van der Waals surface area contributed by atoms with Crippen LogP contribution in [0.3, 0.4) is 0 Å². The van der Waals surface area contributed by atoms with E-state index < -0.39 is 0 Å². The standard InChI is InChI=1S/C28H26FN3O3/c1-20-5-3-8-26(13-20)35-19-23-14-21(9-11-27(23)34-2)10-12-28(33)31-25-16-30-32(18-25)17-22-6-4-7-24(29)15-22/h3-16,18H,17,19H2,1-2H3,(H,31,33)/b12-10+. The van der Waals surface area contributed by atoms with Gasteiger partial charge in [-0.25, -0.2) is 4.39 Å². The lowest BCUT2D eigenvalue weighted by Gasteiger charge is -2.11. The molecule has 0 aliphatic heterocycles. The van der Waals surface area contributed by atoms with Gasteiger partial charge in [-0.2, -0.15) is 5.10 Å². The van der Waals surface area contributed by atoms with Crippen molar-refractivity contribution in [1.29, 1.82) is 0 Å². The topological polar surface area (TPSA) is 65.4 Å². The summed E-state index contributed by atoms with van der Waals surface area (Å²) in [7, 11) is 1.61. The quantitative estimate of drug-likeness (QED) is 0.322. The number of nitrogens with one attached hydrogen (secondary N) is 1. The van der Waals surface area contributed by atoms with Gasteiger partial charge in [0.15, 0.2) is 0 Å². The molecule has 1 heterocycles. The zero-order valence-corrected chi connectivity index (χ0v) is 19.6. The fourth-order valence-corrected chi connectivity index (χ4v) is 3.57. The molecule has 35 heavy (non-hydrogen) atoms. The monoisotopic (exact) mass is 471 g/mol. The number of ether oxygens (including phenoxy) is 2. The van der Waals surface area contributed by atoms with E-state index in [2.05, 4.69) is 10.4 Å². The Morgan fingerprint density at radius 2 is 1.97 bits per heavy atom. The summed E-state index contributed by atoms with van der Waals surface area (Å²) in [5.41, 5.74) is 4.17. The van der Waals surface area contributed by atoms with Crippen molar-refractivity contribution < 1.29 is 18.7 Å². The highest BCUT2D eigenvalue weighted by atomic mass is 19.1. The molecule has 0 aliphatic rings. The molecule has 0 aliphatic carbocycles. The Balaban J connectivity index is 1.37. The average molecular weight is 472 g/mol. The average Bonchev–Trinajstić information content (AvgIpc) is 3.28. The molecule has 4 aromatic rings. The number of aromatic nitrogens is 2. The molecule has 0 bridgehead atoms. The van der Waals surface area contributed by atoms with E-state index in [1.807, 2.05) is 55.5 Å². The van der Waals surface area contributed by atoms with Gasteiger partial charge in [0, 0.05) is 17.8 Å². The summed E-state index contributed by atoms with van der Waals surface area (Å²) >= 11 is 0. The van der Waals surface area contributed by atoms with E-state index in [4.69, 9.17) is 9.47 Å². The molecule has 4 rings (SSSR count). The van der Waals surface area contributed by atoms with Crippen molar-refractivity contribution >= 4 is 17.7 Å². The molecule has 1 amide bonds. The van der Waals surface area contributed by atoms with Crippen molar-refractivity contribution in [1.82, 2.24) is 9.78 Å². The van der Waals surface area contributed by atoms with Gasteiger partial charge in [-0.15, -0.1) is 0 Å². The summed E-state index contributed by atoms with van der Waals surface area (Å²) in [6.45, 7) is 2.76. The highest BCUT2D eigenvalue weighted by Gasteiger charge is 2.07. The number of methoxy groups -OCH3 is 1. The number of carbonyl (C=O) groups is 1. The molecule has 0 spiro atoms. The second-order valence-corrected chi connectivity index (χ2v) is 8.06. The van der Waals surface area contributed by atoms with E-state index >= 15 is 0 Å². The van der Waals surface area contributed by atoms with Gasteiger partial charge in [-0.3, -0.25) is 9.48 Å². The lowest BCUT2D eigenvalue weighted by atomic mass is 10.1. The number of benzene rings is 3. The fraction of sp³-hybridized carbons (Fsp3) is 0.143. The van der Waals surface area contributed by atoms with Crippen molar-refractivity contribution in [2.75, 3.05) is 12.4 Å². The summed E-state index contributed by atoms with van der Waals surface area (Å²) < 4.78 is 26.4. The van der Waals surface area contributed by atoms with Crippen molar-refractivity contribution in [3.63, 3.8) is 0 Å². The number of hydrogen-bond donors (Lipinski definition) is 1. The molecular weight excluding hydrogens is 445 g/mol. The zero-order chi connectivity index (χ0) is 24.6. The van der Waals surface area contributed by atoms with Gasteiger partial charge in [-0.1, -0.05) is 30.3 Å². The first-order valence-corrected chi connectivity index (χ1v) is 11.1. The fourth-order valence-electron chi connectivity index (χ4n) is 3.57. The van der Waals surface area contributed by atoms with Gasteiger partial charge in [0.05, 0.1) is 25.5 Å². The predicted molar refractivity (Wildman–Crippen MR) is 134 cm³/mol. The van der Waals surface area contributed by atoms with Crippen LogP contribution < -0.4 is 14.8 Å². The maximum absolute atomic E-state index is 13.4. The maximum Gasteiger partial charge on any atom is 0.248 e. The van der Waals surface area contributed by atoms with Crippen LogP contribution in [-0.2, 0) is 17.9 Å². The third kappa shape index (κ3) is 6.80. The van der Waals surface area contributed by atoms with Crippen LogP contribution in [0.25, 0.3) is 6.08 Å². The lowest BCUT2D eigenvalue weighted by molar-refractivity contribution is -0.111. The van der Waals surface area contributed by atoms with E-state index in [-0.39, 0.29) is 11.7 Å². The Labute approximate surface area is 203 Å². The van der Waals surface area contributed by atoms with E-state index in [1.54, 1.807) is 36.3 Å². The molecule has 178 valence electrons. The van der Waals surface area contributed by atoms with Gasteiger partial charge in [0.2, 0.25) is 5.91 Å². The number of amides is 1. The van der Waals surface area contributed by atoms with E-state index in [9.17, 15) is 9.18 Å². The normalized spacial score (nSPS) is 10.9. The zero-order valence-electron chi connectivity index (χ0n) is 19.6. The Morgan fingerprint density at radius 3 is 2.77 bits per heavy atom. The van der Waals surface area contributed by atoms with Gasteiger partial charge in [0.1, 0.15) is 23.9 Å². The van der Waals surface area contributed by atoms with Gasteiger partial charge < -0.3 is 14.8 Å². The van der Waals surface area contributed by atoms with Crippen LogP contribution in [0.2, 0.25) is 0 Å². The van der Waals surface area contributed by atoms with Gasteiger partial charge in [-0.05, 0) is 66.1 Å².